The maximum atomic E-state index is 12.7. The summed E-state index contributed by atoms with van der Waals surface area (Å²) in [7, 11) is -3.88. The molecule has 0 aliphatic carbocycles. The van der Waals surface area contributed by atoms with E-state index < -0.39 is 15.9 Å². The summed E-state index contributed by atoms with van der Waals surface area (Å²) in [5.41, 5.74) is 5.19. The standard InChI is InChI=1S/C22H21N3O4S/c1-15-10-11-20(16(2)12-15)25-30(28,29)19-8-5-7-17(13-19)22(27)24-23-14-18-6-3-4-9-21(18)26/h3-14,25-26H,1-2H3,(H,24,27)/b23-14+. The number of nitrogens with one attached hydrogen (secondary N) is 2. The van der Waals surface area contributed by atoms with Crippen LogP contribution in [0.25, 0.3) is 0 Å². The van der Waals surface area contributed by atoms with Gasteiger partial charge in [0.15, 0.2) is 0 Å². The number of sulfonamides is 1. The number of anilines is 1. The van der Waals surface area contributed by atoms with Crippen LogP contribution in [-0.2, 0) is 10.0 Å². The highest BCUT2D eigenvalue weighted by Gasteiger charge is 2.17. The first-order valence-corrected chi connectivity index (χ1v) is 10.6. The number of phenolic OH excluding ortho intramolecular Hbond substituents is 1. The third kappa shape index (κ3) is 5.03. The summed E-state index contributed by atoms with van der Waals surface area (Å²) in [5, 5.41) is 13.5. The molecule has 0 unspecified atom stereocenters. The fraction of sp³-hybridized carbons (Fsp3) is 0.0909. The molecule has 0 bridgehead atoms. The minimum atomic E-state index is -3.88. The van der Waals surface area contributed by atoms with E-state index in [1.807, 2.05) is 26.0 Å². The lowest BCUT2D eigenvalue weighted by Crippen LogP contribution is -2.19. The van der Waals surface area contributed by atoms with Gasteiger partial charge in [0, 0.05) is 11.1 Å². The maximum Gasteiger partial charge on any atom is 0.271 e. The van der Waals surface area contributed by atoms with Crippen molar-refractivity contribution < 1.29 is 18.3 Å². The van der Waals surface area contributed by atoms with Crippen LogP contribution in [0.5, 0.6) is 5.75 Å². The average Bonchev–Trinajstić information content (AvgIpc) is 2.71. The van der Waals surface area contributed by atoms with E-state index in [1.54, 1.807) is 24.3 Å². The van der Waals surface area contributed by atoms with E-state index >= 15 is 0 Å². The number of hydrogen-bond acceptors (Lipinski definition) is 5. The molecule has 7 nitrogen and oxygen atoms in total. The Bertz CT molecular complexity index is 1220. The SMILES string of the molecule is Cc1ccc(NS(=O)(=O)c2cccc(C(=O)N/N=C/c3ccccc3O)c2)c(C)c1. The number of amides is 1. The summed E-state index contributed by atoms with van der Waals surface area (Å²) in [6.07, 6.45) is 1.30. The number of carbonyl (C=O) groups excluding carboxylic acids is 1. The average molecular weight is 423 g/mol. The van der Waals surface area contributed by atoms with Gasteiger partial charge in [-0.25, -0.2) is 13.8 Å². The number of hydrogen-bond donors (Lipinski definition) is 3. The zero-order valence-corrected chi connectivity index (χ0v) is 17.3. The van der Waals surface area contributed by atoms with Crippen LogP contribution in [0.3, 0.4) is 0 Å². The summed E-state index contributed by atoms with van der Waals surface area (Å²) in [4.78, 5) is 12.3. The van der Waals surface area contributed by atoms with E-state index in [0.29, 0.717) is 11.3 Å². The van der Waals surface area contributed by atoms with Gasteiger partial charge < -0.3 is 5.11 Å². The fourth-order valence-electron chi connectivity index (χ4n) is 2.76. The maximum absolute atomic E-state index is 12.7. The lowest BCUT2D eigenvalue weighted by Gasteiger charge is -2.12. The normalized spacial score (nSPS) is 11.4. The monoisotopic (exact) mass is 423 g/mol. The first-order valence-electron chi connectivity index (χ1n) is 9.08. The van der Waals surface area contributed by atoms with Crippen LogP contribution in [0, 0.1) is 13.8 Å². The minimum absolute atomic E-state index is 0.0288. The molecule has 0 radical (unpaired) electrons. The molecule has 0 aliphatic rings. The number of carbonyl (C=O) groups is 1. The Balaban J connectivity index is 1.76. The molecule has 3 aromatic rings. The lowest BCUT2D eigenvalue weighted by molar-refractivity contribution is 0.0955. The van der Waals surface area contributed by atoms with Crippen LogP contribution < -0.4 is 10.1 Å². The Morgan fingerprint density at radius 2 is 1.77 bits per heavy atom. The van der Waals surface area contributed by atoms with Gasteiger partial charge in [0.05, 0.1) is 16.8 Å². The summed E-state index contributed by atoms with van der Waals surface area (Å²) in [6, 6.07) is 17.6. The zero-order chi connectivity index (χ0) is 21.7. The molecule has 8 heteroatoms. The second kappa shape index (κ2) is 8.79. The van der Waals surface area contributed by atoms with E-state index in [4.69, 9.17) is 0 Å². The topological polar surface area (TPSA) is 108 Å². The van der Waals surface area contributed by atoms with E-state index in [-0.39, 0.29) is 16.2 Å². The summed E-state index contributed by atoms with van der Waals surface area (Å²) >= 11 is 0. The quantitative estimate of drug-likeness (QED) is 0.416. The molecule has 0 spiro atoms. The van der Waals surface area contributed by atoms with Crippen LogP contribution in [-0.4, -0.2) is 25.6 Å². The van der Waals surface area contributed by atoms with Crippen LogP contribution >= 0.6 is 0 Å². The highest BCUT2D eigenvalue weighted by molar-refractivity contribution is 7.92. The number of aryl methyl sites for hydroxylation is 2. The van der Waals surface area contributed by atoms with Gasteiger partial charge in [-0.05, 0) is 55.8 Å². The van der Waals surface area contributed by atoms with E-state index in [9.17, 15) is 18.3 Å². The van der Waals surface area contributed by atoms with Crippen molar-refractivity contribution in [2.45, 2.75) is 18.7 Å². The van der Waals surface area contributed by atoms with E-state index in [2.05, 4.69) is 15.2 Å². The molecule has 3 rings (SSSR count). The molecule has 0 atom stereocenters. The van der Waals surface area contributed by atoms with Crippen molar-refractivity contribution >= 4 is 27.8 Å². The molecule has 0 heterocycles. The van der Waals surface area contributed by atoms with Gasteiger partial charge in [-0.2, -0.15) is 5.10 Å². The first kappa shape index (κ1) is 21.1. The number of nitrogens with zero attached hydrogens (tertiary/aromatic N) is 1. The Hall–Kier alpha value is -3.65. The van der Waals surface area contributed by atoms with E-state index in [0.717, 1.165) is 11.1 Å². The molecule has 1 amide bonds. The zero-order valence-electron chi connectivity index (χ0n) is 16.5. The molecule has 3 aromatic carbocycles. The highest BCUT2D eigenvalue weighted by Crippen LogP contribution is 2.21. The molecule has 0 fully saturated rings. The highest BCUT2D eigenvalue weighted by atomic mass is 32.2. The third-order valence-corrected chi connectivity index (χ3v) is 5.70. The second-order valence-electron chi connectivity index (χ2n) is 6.71. The molecule has 30 heavy (non-hydrogen) atoms. The van der Waals surface area contributed by atoms with Gasteiger partial charge in [-0.1, -0.05) is 35.9 Å². The van der Waals surface area contributed by atoms with Crippen molar-refractivity contribution in [1.29, 1.82) is 0 Å². The number of aromatic hydroxyl groups is 1. The largest absolute Gasteiger partial charge is 0.507 e. The summed E-state index contributed by atoms with van der Waals surface area (Å²) in [5.74, 6) is -0.550. The minimum Gasteiger partial charge on any atom is -0.507 e. The molecular formula is C22H21N3O4S. The van der Waals surface area contributed by atoms with Crippen LogP contribution in [0.2, 0.25) is 0 Å². The third-order valence-electron chi connectivity index (χ3n) is 4.34. The molecule has 154 valence electrons. The molecular weight excluding hydrogens is 402 g/mol. The van der Waals surface area contributed by atoms with Crippen molar-refractivity contribution in [3.63, 3.8) is 0 Å². The predicted octanol–water partition coefficient (Wildman–Crippen LogP) is 3.57. The molecule has 0 saturated heterocycles. The van der Waals surface area contributed by atoms with Gasteiger partial charge in [0.2, 0.25) is 0 Å². The van der Waals surface area contributed by atoms with Gasteiger partial charge in [0.25, 0.3) is 15.9 Å². The van der Waals surface area contributed by atoms with Crippen molar-refractivity contribution in [2.75, 3.05) is 4.72 Å². The molecule has 0 aliphatic heterocycles. The van der Waals surface area contributed by atoms with Crippen molar-refractivity contribution in [3.8, 4) is 5.75 Å². The summed E-state index contributed by atoms with van der Waals surface area (Å²) in [6.45, 7) is 3.74. The molecule has 3 N–H and O–H groups in total. The Morgan fingerprint density at radius 3 is 2.50 bits per heavy atom. The lowest BCUT2D eigenvalue weighted by atomic mass is 10.1. The van der Waals surface area contributed by atoms with Crippen LogP contribution in [0.4, 0.5) is 5.69 Å². The molecule has 0 saturated carbocycles. The Morgan fingerprint density at radius 1 is 1.00 bits per heavy atom. The Labute approximate surface area is 175 Å². The van der Waals surface area contributed by atoms with Crippen molar-refractivity contribution in [3.05, 3.63) is 89.0 Å². The smallest absolute Gasteiger partial charge is 0.271 e. The van der Waals surface area contributed by atoms with Crippen LogP contribution in [0.15, 0.2) is 76.7 Å². The number of phenols is 1. The number of hydrazone groups is 1. The van der Waals surface area contributed by atoms with Crippen molar-refractivity contribution in [1.82, 2.24) is 5.43 Å². The summed E-state index contributed by atoms with van der Waals surface area (Å²) < 4.78 is 28.0. The number of benzene rings is 3. The molecule has 0 aromatic heterocycles. The fourth-order valence-corrected chi connectivity index (χ4v) is 3.93. The predicted molar refractivity (Wildman–Crippen MR) is 116 cm³/mol. The van der Waals surface area contributed by atoms with E-state index in [1.165, 1.54) is 36.5 Å². The van der Waals surface area contributed by atoms with Gasteiger partial charge in [0.1, 0.15) is 5.75 Å². The Kier molecular flexibility index (Phi) is 6.17. The number of rotatable bonds is 6. The van der Waals surface area contributed by atoms with Crippen LogP contribution in [0.1, 0.15) is 27.0 Å². The first-order chi connectivity index (χ1) is 14.3. The van der Waals surface area contributed by atoms with Gasteiger partial charge in [-0.15, -0.1) is 0 Å². The number of para-hydroxylation sites is 1. The van der Waals surface area contributed by atoms with Gasteiger partial charge >= 0.3 is 0 Å². The second-order valence-corrected chi connectivity index (χ2v) is 8.39. The van der Waals surface area contributed by atoms with Gasteiger partial charge in [-0.3, -0.25) is 9.52 Å². The van der Waals surface area contributed by atoms with Crippen molar-refractivity contribution in [2.24, 2.45) is 5.10 Å².